The molecule has 0 saturated heterocycles. The summed E-state index contributed by atoms with van der Waals surface area (Å²) in [5, 5.41) is 0. The van der Waals surface area contributed by atoms with E-state index in [1.807, 2.05) is 60.7 Å². The summed E-state index contributed by atoms with van der Waals surface area (Å²) in [6.45, 7) is 0. The van der Waals surface area contributed by atoms with E-state index in [0.717, 1.165) is 27.8 Å². The van der Waals surface area contributed by atoms with E-state index < -0.39 is 0 Å². The van der Waals surface area contributed by atoms with Gasteiger partial charge in [-0.15, -0.1) is 0 Å². The van der Waals surface area contributed by atoms with Crippen LogP contribution < -0.4 is 0 Å². The molecule has 0 saturated carbocycles. The first-order valence-electron chi connectivity index (χ1n) is 18.8. The van der Waals surface area contributed by atoms with Crippen LogP contribution in [0.15, 0.2) is 200 Å². The molecule has 0 radical (unpaired) electrons. The summed E-state index contributed by atoms with van der Waals surface area (Å²) in [7, 11) is 0. The van der Waals surface area contributed by atoms with Crippen LogP contribution in [-0.4, -0.2) is 15.0 Å². The van der Waals surface area contributed by atoms with Crippen LogP contribution in [0.3, 0.4) is 0 Å². The standard InChI is InChI=1S/C52H33N3/c1-3-14-35(15-4-1)49-53-50(36-16-5-2-6-17-36)55-51(54-49)37-28-26-34(27-29-37)38-18-13-19-39(32-38)40-30-31-48-44(33-40)43-22-9-12-25-47(43)52(48)45-23-10-7-20-41(45)42-21-8-11-24-46(42)52/h1-33H. The van der Waals surface area contributed by atoms with Gasteiger partial charge in [0.05, 0.1) is 5.41 Å². The van der Waals surface area contributed by atoms with Crippen LogP contribution in [0, 0.1) is 0 Å². The van der Waals surface area contributed by atoms with Crippen LogP contribution >= 0.6 is 0 Å². The summed E-state index contributed by atoms with van der Waals surface area (Å²) in [4.78, 5) is 14.7. The van der Waals surface area contributed by atoms with Crippen LogP contribution in [0.1, 0.15) is 22.3 Å². The average Bonchev–Trinajstić information content (AvgIpc) is 3.74. The van der Waals surface area contributed by atoms with Gasteiger partial charge in [-0.05, 0) is 78.9 Å². The molecule has 0 unspecified atom stereocenters. The van der Waals surface area contributed by atoms with Gasteiger partial charge < -0.3 is 0 Å². The number of fused-ring (bicyclic) bond motifs is 10. The second-order valence-electron chi connectivity index (χ2n) is 14.3. The van der Waals surface area contributed by atoms with Crippen molar-refractivity contribution in [1.29, 1.82) is 0 Å². The summed E-state index contributed by atoms with van der Waals surface area (Å²) in [5.74, 6) is 1.97. The SMILES string of the molecule is c1ccc(-c2nc(-c3ccccc3)nc(-c3ccc(-c4cccc(-c5ccc6c(c5)-c5ccccc5C65c6ccccc6-c6ccccc65)c4)cc3)n2)cc1. The van der Waals surface area contributed by atoms with Crippen molar-refractivity contribution in [3.05, 3.63) is 222 Å². The lowest BCUT2D eigenvalue weighted by molar-refractivity contribution is 0.794. The average molecular weight is 700 g/mol. The Morgan fingerprint density at radius 1 is 0.236 bits per heavy atom. The van der Waals surface area contributed by atoms with Crippen LogP contribution in [0.5, 0.6) is 0 Å². The Hall–Kier alpha value is -7.23. The highest BCUT2D eigenvalue weighted by Crippen LogP contribution is 2.62. The van der Waals surface area contributed by atoms with Gasteiger partial charge in [0.25, 0.3) is 0 Å². The van der Waals surface area contributed by atoms with E-state index in [2.05, 4.69) is 140 Å². The molecule has 1 heterocycles. The normalized spacial score (nSPS) is 12.9. The molecule has 0 aliphatic heterocycles. The predicted octanol–water partition coefficient (Wildman–Crippen LogP) is 12.6. The van der Waals surface area contributed by atoms with E-state index >= 15 is 0 Å². The highest BCUT2D eigenvalue weighted by molar-refractivity contribution is 5.96. The number of hydrogen-bond donors (Lipinski definition) is 0. The van der Waals surface area contributed by atoms with Gasteiger partial charge in [0.1, 0.15) is 0 Å². The molecule has 8 aromatic carbocycles. The lowest BCUT2D eigenvalue weighted by Gasteiger charge is -2.30. The van der Waals surface area contributed by atoms with Crippen LogP contribution in [-0.2, 0) is 5.41 Å². The molecule has 0 atom stereocenters. The first-order valence-corrected chi connectivity index (χ1v) is 18.8. The van der Waals surface area contributed by atoms with E-state index in [0.29, 0.717) is 17.5 Å². The van der Waals surface area contributed by atoms with Gasteiger partial charge in [0, 0.05) is 16.7 Å². The molecule has 2 aliphatic rings. The Morgan fingerprint density at radius 2 is 0.582 bits per heavy atom. The molecule has 1 spiro atoms. The van der Waals surface area contributed by atoms with Gasteiger partial charge in [0.15, 0.2) is 17.5 Å². The zero-order valence-corrected chi connectivity index (χ0v) is 29.9. The highest BCUT2D eigenvalue weighted by atomic mass is 15.0. The molecule has 55 heavy (non-hydrogen) atoms. The molecule has 3 nitrogen and oxygen atoms in total. The third-order valence-electron chi connectivity index (χ3n) is 11.4. The van der Waals surface area contributed by atoms with Gasteiger partial charge in [-0.25, -0.2) is 15.0 Å². The van der Waals surface area contributed by atoms with Crippen LogP contribution in [0.2, 0.25) is 0 Å². The molecular formula is C52H33N3. The van der Waals surface area contributed by atoms with Gasteiger partial charge in [-0.2, -0.15) is 0 Å². The van der Waals surface area contributed by atoms with Crippen molar-refractivity contribution in [2.75, 3.05) is 0 Å². The van der Waals surface area contributed by atoms with Gasteiger partial charge in [-0.1, -0.05) is 188 Å². The minimum absolute atomic E-state index is 0.330. The van der Waals surface area contributed by atoms with E-state index in [9.17, 15) is 0 Å². The third-order valence-corrected chi connectivity index (χ3v) is 11.4. The fraction of sp³-hybridized carbons (Fsp3) is 0.0192. The van der Waals surface area contributed by atoms with E-state index in [1.165, 1.54) is 55.6 Å². The summed E-state index contributed by atoms with van der Waals surface area (Å²) < 4.78 is 0. The molecule has 0 bridgehead atoms. The topological polar surface area (TPSA) is 38.7 Å². The van der Waals surface area contributed by atoms with Crippen molar-refractivity contribution >= 4 is 0 Å². The van der Waals surface area contributed by atoms with E-state index in [4.69, 9.17) is 15.0 Å². The van der Waals surface area contributed by atoms with Crippen LogP contribution in [0.4, 0.5) is 0 Å². The molecule has 2 aliphatic carbocycles. The molecule has 0 N–H and O–H groups in total. The zero-order valence-electron chi connectivity index (χ0n) is 29.9. The number of aromatic nitrogens is 3. The Labute approximate surface area is 320 Å². The molecular weight excluding hydrogens is 667 g/mol. The Bertz CT molecular complexity index is 2810. The zero-order chi connectivity index (χ0) is 36.3. The summed E-state index contributed by atoms with van der Waals surface area (Å²) in [6.07, 6.45) is 0. The van der Waals surface area contributed by atoms with E-state index in [-0.39, 0.29) is 5.41 Å². The minimum Gasteiger partial charge on any atom is -0.208 e. The maximum atomic E-state index is 4.93. The van der Waals surface area contributed by atoms with Crippen molar-refractivity contribution in [1.82, 2.24) is 15.0 Å². The lowest BCUT2D eigenvalue weighted by atomic mass is 9.70. The highest BCUT2D eigenvalue weighted by Gasteiger charge is 2.51. The molecule has 11 rings (SSSR count). The largest absolute Gasteiger partial charge is 0.208 e. The fourth-order valence-electron chi connectivity index (χ4n) is 8.91. The predicted molar refractivity (Wildman–Crippen MR) is 223 cm³/mol. The summed E-state index contributed by atoms with van der Waals surface area (Å²) in [5.41, 5.74) is 17.9. The third kappa shape index (κ3) is 4.87. The van der Waals surface area contributed by atoms with Crippen molar-refractivity contribution in [3.8, 4) is 78.7 Å². The summed E-state index contributed by atoms with van der Waals surface area (Å²) >= 11 is 0. The maximum Gasteiger partial charge on any atom is 0.164 e. The monoisotopic (exact) mass is 699 g/mol. The first-order chi connectivity index (χ1) is 27.3. The molecule has 9 aromatic rings. The smallest absolute Gasteiger partial charge is 0.164 e. The molecule has 0 fully saturated rings. The second kappa shape index (κ2) is 12.4. The molecule has 256 valence electrons. The molecule has 0 amide bonds. The minimum atomic E-state index is -0.330. The summed E-state index contributed by atoms with van der Waals surface area (Å²) in [6, 6.07) is 71.7. The van der Waals surface area contributed by atoms with Crippen molar-refractivity contribution in [3.63, 3.8) is 0 Å². The number of nitrogens with zero attached hydrogens (tertiary/aromatic N) is 3. The Morgan fingerprint density at radius 3 is 1.11 bits per heavy atom. The molecule has 3 heteroatoms. The van der Waals surface area contributed by atoms with Crippen molar-refractivity contribution < 1.29 is 0 Å². The Balaban J connectivity index is 0.970. The molecule has 1 aromatic heterocycles. The number of benzene rings is 8. The van der Waals surface area contributed by atoms with Crippen molar-refractivity contribution in [2.45, 2.75) is 5.41 Å². The quantitative estimate of drug-likeness (QED) is 0.179. The maximum absolute atomic E-state index is 4.93. The van der Waals surface area contributed by atoms with Gasteiger partial charge in [-0.3, -0.25) is 0 Å². The second-order valence-corrected chi connectivity index (χ2v) is 14.3. The van der Waals surface area contributed by atoms with Gasteiger partial charge in [0.2, 0.25) is 0 Å². The number of rotatable bonds is 5. The van der Waals surface area contributed by atoms with E-state index in [1.54, 1.807) is 0 Å². The first kappa shape index (κ1) is 31.3. The Kier molecular flexibility index (Phi) is 7.08. The van der Waals surface area contributed by atoms with Crippen molar-refractivity contribution in [2.24, 2.45) is 0 Å². The van der Waals surface area contributed by atoms with Gasteiger partial charge >= 0.3 is 0 Å². The van der Waals surface area contributed by atoms with Crippen LogP contribution in [0.25, 0.3) is 78.7 Å². The fourth-order valence-corrected chi connectivity index (χ4v) is 8.91. The number of hydrogen-bond acceptors (Lipinski definition) is 3. The lowest BCUT2D eigenvalue weighted by Crippen LogP contribution is -2.25.